The van der Waals surface area contributed by atoms with Crippen LogP contribution in [0, 0.1) is 5.92 Å². The molecule has 0 amide bonds. The standard InChI is InChI=1S/C17H31ClO4Si/c1-10(2)16(3,4)23(7,8)22-12-9-11(18)14-15(13(12)19)21-17(5,6)20-14/h9-10,12-15,19H,1-8H3/t12-,13+,14-,15+/m1/s1. The summed E-state index contributed by atoms with van der Waals surface area (Å²) in [5.74, 6) is -0.259. The van der Waals surface area contributed by atoms with Crippen molar-refractivity contribution in [2.45, 2.75) is 89.9 Å². The molecule has 0 radical (unpaired) electrons. The first-order chi connectivity index (χ1) is 10.3. The van der Waals surface area contributed by atoms with Crippen molar-refractivity contribution in [2.24, 2.45) is 5.92 Å². The van der Waals surface area contributed by atoms with E-state index in [0.29, 0.717) is 11.0 Å². The minimum absolute atomic E-state index is 0.0657. The van der Waals surface area contributed by atoms with Crippen molar-refractivity contribution in [3.8, 4) is 0 Å². The van der Waals surface area contributed by atoms with Gasteiger partial charge in [-0.25, -0.2) is 0 Å². The normalized spacial score (nSPS) is 34.5. The molecule has 1 N–H and O–H groups in total. The van der Waals surface area contributed by atoms with Crippen LogP contribution >= 0.6 is 11.6 Å². The smallest absolute Gasteiger partial charge is 0.193 e. The van der Waals surface area contributed by atoms with E-state index in [-0.39, 0.29) is 5.04 Å². The van der Waals surface area contributed by atoms with E-state index in [1.54, 1.807) is 6.08 Å². The van der Waals surface area contributed by atoms with Crippen LogP contribution in [0.2, 0.25) is 18.1 Å². The Hall–Kier alpha value is 0.0869. The van der Waals surface area contributed by atoms with Crippen molar-refractivity contribution in [2.75, 3.05) is 0 Å². The zero-order valence-electron chi connectivity index (χ0n) is 15.5. The van der Waals surface area contributed by atoms with E-state index >= 15 is 0 Å². The zero-order valence-corrected chi connectivity index (χ0v) is 17.3. The summed E-state index contributed by atoms with van der Waals surface area (Å²) < 4.78 is 18.1. The van der Waals surface area contributed by atoms with E-state index in [9.17, 15) is 5.11 Å². The van der Waals surface area contributed by atoms with E-state index in [2.05, 4.69) is 40.8 Å². The Balaban J connectivity index is 2.22. The third-order valence-corrected chi connectivity index (χ3v) is 10.7. The molecule has 0 unspecified atom stereocenters. The SMILES string of the molecule is CC(C)C(C)(C)[Si](C)(C)O[C@@H]1C=C(Cl)[C@H]2OC(C)(C)O[C@H]2[C@H]1O. The van der Waals surface area contributed by atoms with E-state index in [0.717, 1.165) is 0 Å². The van der Waals surface area contributed by atoms with Gasteiger partial charge in [0.1, 0.15) is 18.3 Å². The molecule has 4 atom stereocenters. The zero-order chi connectivity index (χ0) is 17.8. The number of hydrogen-bond acceptors (Lipinski definition) is 4. The Kier molecular flexibility index (Phi) is 5.16. The number of aliphatic hydroxyl groups excluding tert-OH is 1. The molecule has 0 aromatic carbocycles. The van der Waals surface area contributed by atoms with Gasteiger partial charge in [-0.3, -0.25) is 0 Å². The Morgan fingerprint density at radius 1 is 1.30 bits per heavy atom. The van der Waals surface area contributed by atoms with Crippen molar-refractivity contribution in [1.82, 2.24) is 0 Å². The molecule has 4 nitrogen and oxygen atoms in total. The minimum atomic E-state index is -2.09. The maximum Gasteiger partial charge on any atom is 0.193 e. The average Bonchev–Trinajstić information content (AvgIpc) is 2.71. The highest BCUT2D eigenvalue weighted by atomic mass is 35.5. The number of aliphatic hydroxyl groups is 1. The third-order valence-electron chi connectivity index (χ3n) is 5.82. The largest absolute Gasteiger partial charge is 0.408 e. The van der Waals surface area contributed by atoms with Gasteiger partial charge in [0.2, 0.25) is 0 Å². The molecule has 2 rings (SSSR count). The van der Waals surface area contributed by atoms with Crippen LogP contribution in [0.4, 0.5) is 0 Å². The molecule has 1 heterocycles. The Morgan fingerprint density at radius 3 is 2.39 bits per heavy atom. The fourth-order valence-corrected chi connectivity index (χ4v) is 5.96. The number of fused-ring (bicyclic) bond motifs is 1. The monoisotopic (exact) mass is 362 g/mol. The lowest BCUT2D eigenvalue weighted by molar-refractivity contribution is -0.157. The van der Waals surface area contributed by atoms with Crippen molar-refractivity contribution < 1.29 is 19.0 Å². The van der Waals surface area contributed by atoms with Gasteiger partial charge >= 0.3 is 0 Å². The summed E-state index contributed by atoms with van der Waals surface area (Å²) in [6.07, 6.45) is -0.340. The molecule has 1 fully saturated rings. The molecular formula is C17H31ClO4Si. The maximum absolute atomic E-state index is 10.7. The maximum atomic E-state index is 10.7. The van der Waals surface area contributed by atoms with Gasteiger partial charge in [-0.05, 0) is 44.0 Å². The van der Waals surface area contributed by atoms with Crippen LogP contribution in [0.5, 0.6) is 0 Å². The van der Waals surface area contributed by atoms with Crippen LogP contribution < -0.4 is 0 Å². The van der Waals surface area contributed by atoms with Gasteiger partial charge in [-0.15, -0.1) is 0 Å². The molecule has 1 saturated heterocycles. The highest BCUT2D eigenvalue weighted by Gasteiger charge is 2.53. The van der Waals surface area contributed by atoms with Gasteiger partial charge in [-0.2, -0.15) is 0 Å². The molecule has 0 aromatic rings. The van der Waals surface area contributed by atoms with E-state index in [1.807, 2.05) is 13.8 Å². The summed E-state index contributed by atoms with van der Waals surface area (Å²) in [6.45, 7) is 17.0. The summed E-state index contributed by atoms with van der Waals surface area (Å²) >= 11 is 6.39. The number of hydrogen-bond donors (Lipinski definition) is 1. The molecule has 0 aromatic heterocycles. The molecule has 2 aliphatic rings. The molecule has 134 valence electrons. The van der Waals surface area contributed by atoms with Crippen LogP contribution in [0.15, 0.2) is 11.1 Å². The van der Waals surface area contributed by atoms with Crippen LogP contribution in [0.25, 0.3) is 0 Å². The highest BCUT2D eigenvalue weighted by molar-refractivity contribution is 6.74. The summed E-state index contributed by atoms with van der Waals surface area (Å²) in [4.78, 5) is 0. The van der Waals surface area contributed by atoms with Crippen LogP contribution in [0.3, 0.4) is 0 Å². The number of ether oxygens (including phenoxy) is 2. The van der Waals surface area contributed by atoms with Crippen molar-refractivity contribution in [3.63, 3.8) is 0 Å². The second kappa shape index (κ2) is 6.11. The van der Waals surface area contributed by atoms with Crippen molar-refractivity contribution >= 4 is 19.9 Å². The lowest BCUT2D eigenvalue weighted by atomic mass is 9.96. The molecule has 23 heavy (non-hydrogen) atoms. The van der Waals surface area contributed by atoms with Gasteiger partial charge in [0.25, 0.3) is 0 Å². The van der Waals surface area contributed by atoms with Crippen molar-refractivity contribution in [1.29, 1.82) is 0 Å². The van der Waals surface area contributed by atoms with Crippen LogP contribution in [0.1, 0.15) is 41.5 Å². The molecule has 0 spiro atoms. The quantitative estimate of drug-likeness (QED) is 0.767. The summed E-state index contributed by atoms with van der Waals surface area (Å²) in [7, 11) is -2.09. The molecule has 1 aliphatic carbocycles. The Labute approximate surface area is 146 Å². The van der Waals surface area contributed by atoms with Crippen LogP contribution in [-0.2, 0) is 13.9 Å². The van der Waals surface area contributed by atoms with Gasteiger partial charge in [-0.1, -0.05) is 39.3 Å². The van der Waals surface area contributed by atoms with Gasteiger partial charge in [0.05, 0.1) is 6.10 Å². The second-order valence-electron chi connectivity index (χ2n) is 8.53. The highest BCUT2D eigenvalue weighted by Crippen LogP contribution is 2.47. The van der Waals surface area contributed by atoms with E-state index < -0.39 is 38.5 Å². The van der Waals surface area contributed by atoms with Gasteiger partial charge < -0.3 is 19.0 Å². The minimum Gasteiger partial charge on any atom is -0.408 e. The second-order valence-corrected chi connectivity index (χ2v) is 13.5. The average molecular weight is 363 g/mol. The fraction of sp³-hybridized carbons (Fsp3) is 0.882. The molecule has 1 aliphatic heterocycles. The topological polar surface area (TPSA) is 47.9 Å². The predicted octanol–water partition coefficient (Wildman–Crippen LogP) is 4.03. The van der Waals surface area contributed by atoms with Crippen molar-refractivity contribution in [3.05, 3.63) is 11.1 Å². The van der Waals surface area contributed by atoms with E-state index in [1.165, 1.54) is 0 Å². The first-order valence-electron chi connectivity index (χ1n) is 8.37. The molecule has 0 saturated carbocycles. The number of rotatable bonds is 4. The molecule has 6 heteroatoms. The molecule has 0 bridgehead atoms. The Morgan fingerprint density at radius 2 is 1.87 bits per heavy atom. The van der Waals surface area contributed by atoms with Crippen LogP contribution in [-0.4, -0.2) is 43.6 Å². The first-order valence-corrected chi connectivity index (χ1v) is 11.7. The summed E-state index contributed by atoms with van der Waals surface area (Å²) in [5, 5.41) is 11.4. The predicted molar refractivity (Wildman–Crippen MR) is 95.0 cm³/mol. The summed E-state index contributed by atoms with van der Waals surface area (Å²) in [5.41, 5.74) is 0. The third kappa shape index (κ3) is 3.55. The molecular weight excluding hydrogens is 332 g/mol. The Bertz CT molecular complexity index is 487. The van der Waals surface area contributed by atoms with Gasteiger partial charge in [0, 0.05) is 5.03 Å². The van der Waals surface area contributed by atoms with E-state index in [4.69, 9.17) is 25.5 Å². The number of halogens is 1. The summed E-state index contributed by atoms with van der Waals surface area (Å²) in [6, 6.07) is 0. The first kappa shape index (κ1) is 19.4. The lowest BCUT2D eigenvalue weighted by Gasteiger charge is -2.46. The lowest BCUT2D eigenvalue weighted by Crippen LogP contribution is -2.54. The fourth-order valence-electron chi connectivity index (χ4n) is 3.08. The van der Waals surface area contributed by atoms with Gasteiger partial charge in [0.15, 0.2) is 14.1 Å².